The fraction of sp³-hybridized carbons (Fsp3) is 0.500. The number of anilines is 1. The second kappa shape index (κ2) is 8.37. The Morgan fingerprint density at radius 3 is 2.89 bits per heavy atom. The second-order valence-corrected chi connectivity index (χ2v) is 4.12. The Balaban J connectivity index is 2.19. The van der Waals surface area contributed by atoms with Gasteiger partial charge >= 0.3 is 0 Å². The van der Waals surface area contributed by atoms with Crippen LogP contribution in [0.5, 0.6) is 5.75 Å². The Morgan fingerprint density at radius 2 is 2.22 bits per heavy atom. The van der Waals surface area contributed by atoms with E-state index in [2.05, 4.69) is 17.9 Å². The van der Waals surface area contributed by atoms with Gasteiger partial charge in [-0.2, -0.15) is 5.26 Å². The zero-order valence-corrected chi connectivity index (χ0v) is 10.9. The lowest BCUT2D eigenvalue weighted by atomic mass is 10.3. The van der Waals surface area contributed by atoms with Gasteiger partial charge < -0.3 is 15.4 Å². The molecule has 0 aromatic heterocycles. The Labute approximate surface area is 109 Å². The van der Waals surface area contributed by atoms with E-state index < -0.39 is 0 Å². The van der Waals surface area contributed by atoms with Gasteiger partial charge in [0.1, 0.15) is 5.75 Å². The average molecular weight is 247 g/mol. The molecular formula is C14H21N3O. The van der Waals surface area contributed by atoms with Crippen LogP contribution >= 0.6 is 0 Å². The quantitative estimate of drug-likeness (QED) is 0.565. The lowest BCUT2D eigenvalue weighted by Gasteiger charge is -2.18. The molecule has 98 valence electrons. The minimum Gasteiger partial charge on any atom is -0.493 e. The zero-order valence-electron chi connectivity index (χ0n) is 10.9. The maximum atomic E-state index is 8.54. The molecule has 0 radical (unpaired) electrons. The average Bonchev–Trinajstić information content (AvgIpc) is 2.38. The first-order valence-corrected chi connectivity index (χ1v) is 6.34. The second-order valence-electron chi connectivity index (χ2n) is 4.12. The molecular weight excluding hydrogens is 226 g/mol. The molecule has 0 unspecified atom stereocenters. The molecule has 0 bridgehead atoms. The summed E-state index contributed by atoms with van der Waals surface area (Å²) in [5.41, 5.74) is 6.39. The number of rotatable bonds is 8. The highest BCUT2D eigenvalue weighted by Gasteiger charge is 2.01. The van der Waals surface area contributed by atoms with Gasteiger partial charge in [-0.25, -0.2) is 0 Å². The summed E-state index contributed by atoms with van der Waals surface area (Å²) in [5, 5.41) is 8.54. The van der Waals surface area contributed by atoms with E-state index in [1.54, 1.807) is 0 Å². The van der Waals surface area contributed by atoms with Crippen LogP contribution in [0.3, 0.4) is 0 Å². The highest BCUT2D eigenvalue weighted by molar-refractivity contribution is 5.43. The topological polar surface area (TPSA) is 62.3 Å². The summed E-state index contributed by atoms with van der Waals surface area (Å²) in [6.07, 6.45) is 1.54. The minimum absolute atomic E-state index is 0.587. The van der Waals surface area contributed by atoms with E-state index in [1.807, 2.05) is 24.3 Å². The van der Waals surface area contributed by atoms with Crippen LogP contribution in [-0.2, 0) is 0 Å². The fourth-order valence-electron chi connectivity index (χ4n) is 1.72. The largest absolute Gasteiger partial charge is 0.493 e. The van der Waals surface area contributed by atoms with Gasteiger partial charge in [0.15, 0.2) is 0 Å². The molecule has 0 saturated heterocycles. The SMILES string of the molecule is CCN(CCC#N)CCCOc1cccc(N)c1. The molecule has 0 aliphatic rings. The lowest BCUT2D eigenvalue weighted by Crippen LogP contribution is -2.26. The molecule has 4 nitrogen and oxygen atoms in total. The predicted molar refractivity (Wildman–Crippen MR) is 73.3 cm³/mol. The summed E-state index contributed by atoms with van der Waals surface area (Å²) in [6, 6.07) is 9.63. The third kappa shape index (κ3) is 5.55. The maximum Gasteiger partial charge on any atom is 0.121 e. The molecule has 0 spiro atoms. The molecule has 0 aliphatic carbocycles. The van der Waals surface area contributed by atoms with Crippen LogP contribution < -0.4 is 10.5 Å². The monoisotopic (exact) mass is 247 g/mol. The molecule has 0 aliphatic heterocycles. The number of nitriles is 1. The molecule has 0 fully saturated rings. The van der Waals surface area contributed by atoms with Gasteiger partial charge in [-0.15, -0.1) is 0 Å². The number of nitrogens with zero attached hydrogens (tertiary/aromatic N) is 2. The van der Waals surface area contributed by atoms with E-state index in [9.17, 15) is 0 Å². The third-order valence-corrected chi connectivity index (χ3v) is 2.73. The van der Waals surface area contributed by atoms with Crippen LogP contribution in [0, 0.1) is 11.3 Å². The van der Waals surface area contributed by atoms with Crippen molar-refractivity contribution >= 4 is 5.69 Å². The van der Waals surface area contributed by atoms with Crippen LogP contribution in [0.2, 0.25) is 0 Å². The van der Waals surface area contributed by atoms with Crippen molar-refractivity contribution in [1.29, 1.82) is 5.26 Å². The number of nitrogens with two attached hydrogens (primary N) is 1. The number of hydrogen-bond acceptors (Lipinski definition) is 4. The molecule has 0 amide bonds. The van der Waals surface area contributed by atoms with Crippen molar-refractivity contribution in [3.63, 3.8) is 0 Å². The Bertz CT molecular complexity index is 387. The zero-order chi connectivity index (χ0) is 13.2. The maximum absolute atomic E-state index is 8.54. The van der Waals surface area contributed by atoms with Crippen molar-refractivity contribution in [3.8, 4) is 11.8 Å². The number of ether oxygens (including phenoxy) is 1. The summed E-state index contributed by atoms with van der Waals surface area (Å²) in [7, 11) is 0. The van der Waals surface area contributed by atoms with Gasteiger partial charge in [0.2, 0.25) is 0 Å². The summed E-state index contributed by atoms with van der Waals surface area (Å²) >= 11 is 0. The summed E-state index contributed by atoms with van der Waals surface area (Å²) < 4.78 is 5.61. The van der Waals surface area contributed by atoms with Crippen LogP contribution in [0.25, 0.3) is 0 Å². The molecule has 1 rings (SSSR count). The van der Waals surface area contributed by atoms with Crippen molar-refractivity contribution in [1.82, 2.24) is 4.90 Å². The minimum atomic E-state index is 0.587. The summed E-state index contributed by atoms with van der Waals surface area (Å²) in [4.78, 5) is 2.26. The van der Waals surface area contributed by atoms with Crippen LogP contribution in [-0.4, -0.2) is 31.1 Å². The van der Waals surface area contributed by atoms with E-state index in [-0.39, 0.29) is 0 Å². The lowest BCUT2D eigenvalue weighted by molar-refractivity contribution is 0.245. The number of nitrogen functional groups attached to an aromatic ring is 1. The van der Waals surface area contributed by atoms with Crippen molar-refractivity contribution in [2.45, 2.75) is 19.8 Å². The van der Waals surface area contributed by atoms with Crippen molar-refractivity contribution in [3.05, 3.63) is 24.3 Å². The molecule has 0 saturated carbocycles. The first-order chi connectivity index (χ1) is 8.76. The van der Waals surface area contributed by atoms with Crippen molar-refractivity contribution in [2.75, 3.05) is 32.0 Å². The molecule has 1 aromatic carbocycles. The van der Waals surface area contributed by atoms with Gasteiger partial charge in [0.05, 0.1) is 12.7 Å². The van der Waals surface area contributed by atoms with E-state index in [0.717, 1.165) is 37.5 Å². The van der Waals surface area contributed by atoms with Gasteiger partial charge in [0, 0.05) is 31.3 Å². The Morgan fingerprint density at radius 1 is 1.39 bits per heavy atom. The molecule has 2 N–H and O–H groups in total. The predicted octanol–water partition coefficient (Wildman–Crippen LogP) is 2.27. The van der Waals surface area contributed by atoms with Crippen molar-refractivity contribution in [2.24, 2.45) is 0 Å². The first kappa shape index (κ1) is 14.3. The smallest absolute Gasteiger partial charge is 0.121 e. The first-order valence-electron chi connectivity index (χ1n) is 6.34. The van der Waals surface area contributed by atoms with E-state index >= 15 is 0 Å². The highest BCUT2D eigenvalue weighted by Crippen LogP contribution is 2.14. The van der Waals surface area contributed by atoms with Gasteiger partial charge in [-0.3, -0.25) is 0 Å². The Kier molecular flexibility index (Phi) is 6.67. The number of benzene rings is 1. The highest BCUT2D eigenvalue weighted by atomic mass is 16.5. The van der Waals surface area contributed by atoms with Crippen LogP contribution in [0.15, 0.2) is 24.3 Å². The van der Waals surface area contributed by atoms with Gasteiger partial charge in [0.25, 0.3) is 0 Å². The van der Waals surface area contributed by atoms with Gasteiger partial charge in [-0.05, 0) is 25.1 Å². The van der Waals surface area contributed by atoms with Gasteiger partial charge in [-0.1, -0.05) is 13.0 Å². The fourth-order valence-corrected chi connectivity index (χ4v) is 1.72. The van der Waals surface area contributed by atoms with Crippen LogP contribution in [0.1, 0.15) is 19.8 Å². The van der Waals surface area contributed by atoms with E-state index in [1.165, 1.54) is 0 Å². The summed E-state index contributed by atoms with van der Waals surface area (Å²) in [5.74, 6) is 0.815. The Hall–Kier alpha value is -1.73. The standard InChI is InChI=1S/C14H21N3O/c1-2-17(9-4-8-15)10-5-11-18-14-7-3-6-13(16)12-14/h3,6-7,12H,2,4-5,9-11,16H2,1H3. The molecule has 18 heavy (non-hydrogen) atoms. The number of hydrogen-bond donors (Lipinski definition) is 1. The van der Waals surface area contributed by atoms with Crippen LogP contribution in [0.4, 0.5) is 5.69 Å². The molecule has 0 atom stereocenters. The molecule has 0 heterocycles. The van der Waals surface area contributed by atoms with E-state index in [0.29, 0.717) is 13.0 Å². The normalized spacial score (nSPS) is 10.3. The molecule has 1 aromatic rings. The van der Waals surface area contributed by atoms with E-state index in [4.69, 9.17) is 15.7 Å². The molecule has 4 heteroatoms. The van der Waals surface area contributed by atoms with Crippen molar-refractivity contribution < 1.29 is 4.74 Å². The summed E-state index contributed by atoms with van der Waals surface area (Å²) in [6.45, 7) is 5.55. The third-order valence-electron chi connectivity index (χ3n) is 2.73.